The third-order valence-corrected chi connectivity index (χ3v) is 7.29. The first kappa shape index (κ1) is 20.5. The van der Waals surface area contributed by atoms with Crippen molar-refractivity contribution in [2.45, 2.75) is 42.9 Å². The van der Waals surface area contributed by atoms with E-state index in [0.29, 0.717) is 5.25 Å². The number of ketones is 1. The summed E-state index contributed by atoms with van der Waals surface area (Å²) in [7, 11) is 0. The van der Waals surface area contributed by atoms with Crippen molar-refractivity contribution in [2.75, 3.05) is 19.6 Å². The second kappa shape index (κ2) is 9.38. The standard InChI is InChI=1S/C24H27ClN2OS/c1-18(28)23-17-27(24-6-3-2-5-22(23)24)14-4-13-26-15-11-21(12-16-26)29-20-9-7-19(25)8-10-20/h2-3,5-10,17,21H,4,11-16H2,1H3. The molecular weight excluding hydrogens is 400 g/mol. The normalized spacial score (nSPS) is 15.8. The van der Waals surface area contributed by atoms with Gasteiger partial charge in [0.05, 0.1) is 0 Å². The van der Waals surface area contributed by atoms with Gasteiger partial charge in [-0.05, 0) is 76.2 Å². The number of carbonyl (C=O) groups is 1. The lowest BCUT2D eigenvalue weighted by atomic mass is 10.1. The Kier molecular flexibility index (Phi) is 6.63. The molecule has 3 nitrogen and oxygen atoms in total. The van der Waals surface area contributed by atoms with Crippen molar-refractivity contribution < 1.29 is 4.79 Å². The molecule has 3 aromatic rings. The Hall–Kier alpha value is -1.75. The number of likely N-dealkylation sites (tertiary alicyclic amines) is 1. The first-order chi connectivity index (χ1) is 14.1. The molecule has 0 radical (unpaired) electrons. The molecule has 0 aliphatic carbocycles. The van der Waals surface area contributed by atoms with Gasteiger partial charge in [-0.1, -0.05) is 29.8 Å². The summed E-state index contributed by atoms with van der Waals surface area (Å²) in [6, 6.07) is 16.4. The van der Waals surface area contributed by atoms with Gasteiger partial charge in [-0.2, -0.15) is 0 Å². The van der Waals surface area contributed by atoms with Crippen LogP contribution in [0.2, 0.25) is 5.02 Å². The summed E-state index contributed by atoms with van der Waals surface area (Å²) in [5.41, 5.74) is 2.00. The number of hydrogen-bond acceptors (Lipinski definition) is 3. The van der Waals surface area contributed by atoms with E-state index in [1.165, 1.54) is 17.7 Å². The van der Waals surface area contributed by atoms with E-state index in [-0.39, 0.29) is 5.78 Å². The molecule has 0 spiro atoms. The van der Waals surface area contributed by atoms with Crippen LogP contribution in [0.25, 0.3) is 10.9 Å². The van der Waals surface area contributed by atoms with Crippen molar-refractivity contribution in [1.29, 1.82) is 0 Å². The average Bonchev–Trinajstić information content (AvgIpc) is 3.10. The summed E-state index contributed by atoms with van der Waals surface area (Å²) in [5, 5.41) is 2.56. The summed E-state index contributed by atoms with van der Waals surface area (Å²) in [6.45, 7) is 6.04. The van der Waals surface area contributed by atoms with Gasteiger partial charge in [0.25, 0.3) is 0 Å². The topological polar surface area (TPSA) is 25.2 Å². The number of thioether (sulfide) groups is 1. The van der Waals surface area contributed by atoms with Gasteiger partial charge in [-0.15, -0.1) is 11.8 Å². The smallest absolute Gasteiger partial charge is 0.161 e. The third-order valence-electron chi connectivity index (χ3n) is 5.69. The number of para-hydroxylation sites is 1. The van der Waals surface area contributed by atoms with Gasteiger partial charge in [0, 0.05) is 44.4 Å². The molecule has 0 bridgehead atoms. The molecular formula is C24H27ClN2OS. The third kappa shape index (κ3) is 5.06. The van der Waals surface area contributed by atoms with Crippen LogP contribution in [0.4, 0.5) is 0 Å². The minimum absolute atomic E-state index is 0.139. The van der Waals surface area contributed by atoms with Crippen LogP contribution in [0.3, 0.4) is 0 Å². The molecule has 2 aromatic carbocycles. The second-order valence-corrected chi connectivity index (χ2v) is 9.59. The first-order valence-electron chi connectivity index (χ1n) is 10.3. The van der Waals surface area contributed by atoms with Gasteiger partial charge in [0.2, 0.25) is 0 Å². The number of halogens is 1. The van der Waals surface area contributed by atoms with Crippen LogP contribution in [0.1, 0.15) is 36.5 Å². The quantitative estimate of drug-likeness (QED) is 0.424. The molecule has 4 rings (SSSR count). The van der Waals surface area contributed by atoms with Gasteiger partial charge < -0.3 is 9.47 Å². The summed E-state index contributed by atoms with van der Waals surface area (Å²) >= 11 is 7.96. The number of aryl methyl sites for hydroxylation is 1. The van der Waals surface area contributed by atoms with Crippen molar-refractivity contribution in [2.24, 2.45) is 0 Å². The molecule has 29 heavy (non-hydrogen) atoms. The minimum Gasteiger partial charge on any atom is -0.347 e. The predicted molar refractivity (Wildman–Crippen MR) is 123 cm³/mol. The molecule has 0 N–H and O–H groups in total. The van der Waals surface area contributed by atoms with Crippen LogP contribution < -0.4 is 0 Å². The molecule has 0 atom stereocenters. The maximum atomic E-state index is 11.9. The summed E-state index contributed by atoms with van der Waals surface area (Å²) in [6.07, 6.45) is 5.59. The van der Waals surface area contributed by atoms with Crippen LogP contribution in [0, 0.1) is 0 Å². The molecule has 152 valence electrons. The molecule has 1 saturated heterocycles. The van der Waals surface area contributed by atoms with Crippen molar-refractivity contribution in [1.82, 2.24) is 9.47 Å². The lowest BCUT2D eigenvalue weighted by molar-refractivity contribution is 0.101. The van der Waals surface area contributed by atoms with E-state index >= 15 is 0 Å². The predicted octanol–water partition coefficient (Wildman–Crippen LogP) is 6.14. The monoisotopic (exact) mass is 426 g/mol. The van der Waals surface area contributed by atoms with E-state index in [0.717, 1.165) is 54.1 Å². The van der Waals surface area contributed by atoms with Crippen LogP contribution in [0.5, 0.6) is 0 Å². The lowest BCUT2D eigenvalue weighted by Gasteiger charge is -2.31. The summed E-state index contributed by atoms with van der Waals surface area (Å²) in [4.78, 5) is 15.8. The Morgan fingerprint density at radius 2 is 1.79 bits per heavy atom. The first-order valence-corrected chi connectivity index (χ1v) is 11.6. The van der Waals surface area contributed by atoms with Crippen LogP contribution in [0.15, 0.2) is 59.6 Å². The maximum Gasteiger partial charge on any atom is 0.161 e. The molecule has 1 aliphatic heterocycles. The lowest BCUT2D eigenvalue weighted by Crippen LogP contribution is -2.35. The Balaban J connectivity index is 1.26. The highest BCUT2D eigenvalue weighted by Gasteiger charge is 2.20. The van der Waals surface area contributed by atoms with E-state index in [9.17, 15) is 4.79 Å². The molecule has 0 saturated carbocycles. The largest absolute Gasteiger partial charge is 0.347 e. The minimum atomic E-state index is 0.139. The van der Waals surface area contributed by atoms with Gasteiger partial charge >= 0.3 is 0 Å². The second-order valence-electron chi connectivity index (χ2n) is 7.78. The average molecular weight is 427 g/mol. The van der Waals surface area contributed by atoms with Crippen molar-refractivity contribution >= 4 is 40.0 Å². The van der Waals surface area contributed by atoms with Crippen molar-refractivity contribution in [3.05, 3.63) is 65.3 Å². The molecule has 0 amide bonds. The number of hydrogen-bond donors (Lipinski definition) is 0. The van der Waals surface area contributed by atoms with Gasteiger partial charge in [0.15, 0.2) is 5.78 Å². The molecule has 0 unspecified atom stereocenters. The number of benzene rings is 2. The number of piperidine rings is 1. The van der Waals surface area contributed by atoms with E-state index in [1.807, 2.05) is 48.3 Å². The fourth-order valence-electron chi connectivity index (χ4n) is 4.13. The van der Waals surface area contributed by atoms with E-state index < -0.39 is 0 Å². The fourth-order valence-corrected chi connectivity index (χ4v) is 5.38. The fraction of sp³-hybridized carbons (Fsp3) is 0.375. The highest BCUT2D eigenvalue weighted by molar-refractivity contribution is 8.00. The van der Waals surface area contributed by atoms with Crippen LogP contribution >= 0.6 is 23.4 Å². The zero-order chi connectivity index (χ0) is 20.2. The zero-order valence-electron chi connectivity index (χ0n) is 16.8. The SMILES string of the molecule is CC(=O)c1cn(CCCN2CCC(Sc3ccc(Cl)cc3)CC2)c2ccccc12. The highest BCUT2D eigenvalue weighted by Crippen LogP contribution is 2.31. The highest BCUT2D eigenvalue weighted by atomic mass is 35.5. The van der Waals surface area contributed by atoms with Crippen LogP contribution in [-0.4, -0.2) is 40.1 Å². The van der Waals surface area contributed by atoms with Crippen molar-refractivity contribution in [3.63, 3.8) is 0 Å². The van der Waals surface area contributed by atoms with Crippen LogP contribution in [-0.2, 0) is 6.54 Å². The molecule has 1 aliphatic rings. The Bertz CT molecular complexity index is 974. The Morgan fingerprint density at radius 3 is 2.52 bits per heavy atom. The number of carbonyl (C=O) groups excluding carboxylic acids is 1. The molecule has 5 heteroatoms. The summed E-state index contributed by atoms with van der Waals surface area (Å²) < 4.78 is 2.25. The molecule has 1 fully saturated rings. The summed E-state index contributed by atoms with van der Waals surface area (Å²) in [5.74, 6) is 0.139. The van der Waals surface area contributed by atoms with E-state index in [2.05, 4.69) is 27.7 Å². The molecule has 2 heterocycles. The van der Waals surface area contributed by atoms with Gasteiger partial charge in [-0.3, -0.25) is 4.79 Å². The number of rotatable bonds is 7. The van der Waals surface area contributed by atoms with E-state index in [4.69, 9.17) is 11.6 Å². The Labute approximate surface area is 182 Å². The van der Waals surface area contributed by atoms with Gasteiger partial charge in [0.1, 0.15) is 0 Å². The number of Topliss-reactive ketones (excluding diaryl/α,β-unsaturated/α-hetero) is 1. The Morgan fingerprint density at radius 1 is 1.07 bits per heavy atom. The van der Waals surface area contributed by atoms with Gasteiger partial charge in [-0.25, -0.2) is 0 Å². The molecule has 1 aromatic heterocycles. The van der Waals surface area contributed by atoms with E-state index in [1.54, 1.807) is 6.92 Å². The zero-order valence-corrected chi connectivity index (χ0v) is 18.4. The maximum absolute atomic E-state index is 11.9. The number of aromatic nitrogens is 1. The number of fused-ring (bicyclic) bond motifs is 1. The number of nitrogens with zero attached hydrogens (tertiary/aromatic N) is 2. The van der Waals surface area contributed by atoms with Crippen molar-refractivity contribution in [3.8, 4) is 0 Å².